The van der Waals surface area contributed by atoms with Crippen LogP contribution in [0.2, 0.25) is 0 Å². The van der Waals surface area contributed by atoms with Gasteiger partial charge in [-0.2, -0.15) is 0 Å². The van der Waals surface area contributed by atoms with Crippen LogP contribution < -0.4 is 0 Å². The Morgan fingerprint density at radius 2 is 2.06 bits per heavy atom. The Bertz CT molecular complexity index is 656. The van der Waals surface area contributed by atoms with E-state index in [1.165, 1.54) is 0 Å². The van der Waals surface area contributed by atoms with E-state index in [1.54, 1.807) is 23.7 Å². The van der Waals surface area contributed by atoms with Crippen LogP contribution in [0.3, 0.4) is 0 Å². The van der Waals surface area contributed by atoms with Crippen LogP contribution in [-0.2, 0) is 0 Å². The summed E-state index contributed by atoms with van der Waals surface area (Å²) in [6.45, 7) is 0. The highest BCUT2D eigenvalue weighted by atomic mass is 79.9. The van der Waals surface area contributed by atoms with Gasteiger partial charge in [-0.15, -0.1) is 11.3 Å². The molecule has 0 amide bonds. The topological polar surface area (TPSA) is 33.4 Å². The Morgan fingerprint density at radius 1 is 1.18 bits per heavy atom. The number of halogens is 1. The van der Waals surface area contributed by atoms with E-state index in [0.717, 1.165) is 21.2 Å². The van der Waals surface area contributed by atoms with Crippen LogP contribution in [0, 0.1) is 0 Å². The first-order valence-corrected chi connectivity index (χ1v) is 6.81. The molecule has 0 saturated heterocycles. The Labute approximate surface area is 111 Å². The number of aliphatic hydroxyl groups is 1. The monoisotopic (exact) mass is 308 g/mol. The predicted molar refractivity (Wildman–Crippen MR) is 72.3 cm³/mol. The van der Waals surface area contributed by atoms with Gasteiger partial charge in [0.2, 0.25) is 0 Å². The molecule has 2 aromatic heterocycles. The van der Waals surface area contributed by atoms with Crippen LogP contribution in [0.15, 0.2) is 51.1 Å². The van der Waals surface area contributed by atoms with E-state index < -0.39 is 6.10 Å². The summed E-state index contributed by atoms with van der Waals surface area (Å²) in [5.41, 5.74) is 1.67. The van der Waals surface area contributed by atoms with Crippen LogP contribution >= 0.6 is 27.3 Å². The van der Waals surface area contributed by atoms with Gasteiger partial charge in [-0.1, -0.05) is 18.2 Å². The van der Waals surface area contributed by atoms with Crippen molar-refractivity contribution in [2.45, 2.75) is 6.10 Å². The first-order valence-electron chi connectivity index (χ1n) is 5.14. The minimum Gasteiger partial charge on any atom is -0.457 e. The number of rotatable bonds is 2. The molecule has 0 aliphatic rings. The van der Waals surface area contributed by atoms with Crippen LogP contribution in [0.5, 0.6) is 0 Å². The third-order valence-electron chi connectivity index (χ3n) is 2.74. The molecule has 0 saturated carbocycles. The van der Waals surface area contributed by atoms with Gasteiger partial charge in [0.05, 0.1) is 6.26 Å². The third kappa shape index (κ3) is 1.82. The largest absolute Gasteiger partial charge is 0.457 e. The van der Waals surface area contributed by atoms with Gasteiger partial charge in [0.15, 0.2) is 4.67 Å². The summed E-state index contributed by atoms with van der Waals surface area (Å²) in [7, 11) is 0. The van der Waals surface area contributed by atoms with E-state index in [0.29, 0.717) is 4.67 Å². The van der Waals surface area contributed by atoms with Crippen molar-refractivity contribution in [1.29, 1.82) is 0 Å². The number of hydrogen-bond donors (Lipinski definition) is 1. The standard InChI is InChI=1S/C13H9BrO2S/c14-13-10(4-6-16-13)11(15)9-3-1-2-8-5-7-17-12(8)9/h1-7,11,15H. The molecule has 0 aliphatic carbocycles. The minimum absolute atomic E-state index is 0.582. The number of furan rings is 1. The second kappa shape index (κ2) is 4.29. The lowest BCUT2D eigenvalue weighted by atomic mass is 10.0. The molecule has 1 aromatic carbocycles. The maximum atomic E-state index is 10.4. The molecule has 1 atom stereocenters. The van der Waals surface area contributed by atoms with Crippen LogP contribution in [0.4, 0.5) is 0 Å². The summed E-state index contributed by atoms with van der Waals surface area (Å²) in [6.07, 6.45) is 0.905. The molecule has 0 spiro atoms. The van der Waals surface area contributed by atoms with Gasteiger partial charge in [0.1, 0.15) is 6.10 Å². The van der Waals surface area contributed by atoms with Crippen molar-refractivity contribution in [3.05, 3.63) is 57.8 Å². The van der Waals surface area contributed by atoms with Gasteiger partial charge < -0.3 is 9.52 Å². The molecule has 3 aromatic rings. The molecule has 2 nitrogen and oxygen atoms in total. The fourth-order valence-electron chi connectivity index (χ4n) is 1.90. The average Bonchev–Trinajstić information content (AvgIpc) is 2.95. The highest BCUT2D eigenvalue weighted by Gasteiger charge is 2.18. The Kier molecular flexibility index (Phi) is 2.78. The Morgan fingerprint density at radius 3 is 2.82 bits per heavy atom. The Balaban J connectivity index is 2.15. The molecule has 3 rings (SSSR count). The highest BCUT2D eigenvalue weighted by molar-refractivity contribution is 9.10. The van der Waals surface area contributed by atoms with E-state index in [1.807, 2.05) is 23.6 Å². The van der Waals surface area contributed by atoms with Gasteiger partial charge in [0.25, 0.3) is 0 Å². The maximum absolute atomic E-state index is 10.4. The van der Waals surface area contributed by atoms with E-state index in [4.69, 9.17) is 4.42 Å². The molecule has 0 bridgehead atoms. The van der Waals surface area contributed by atoms with Gasteiger partial charge in [-0.3, -0.25) is 0 Å². The molecule has 0 fully saturated rings. The lowest BCUT2D eigenvalue weighted by Gasteiger charge is -2.10. The molecule has 86 valence electrons. The smallest absolute Gasteiger partial charge is 0.175 e. The van der Waals surface area contributed by atoms with Gasteiger partial charge >= 0.3 is 0 Å². The quantitative estimate of drug-likeness (QED) is 0.764. The summed E-state index contributed by atoms with van der Waals surface area (Å²) in [5.74, 6) is 0. The van der Waals surface area contributed by atoms with Crippen molar-refractivity contribution in [2.75, 3.05) is 0 Å². The zero-order valence-corrected chi connectivity index (χ0v) is 11.2. The number of fused-ring (bicyclic) bond motifs is 1. The molecule has 1 N–H and O–H groups in total. The van der Waals surface area contributed by atoms with E-state index in [2.05, 4.69) is 22.0 Å². The van der Waals surface area contributed by atoms with E-state index >= 15 is 0 Å². The molecule has 0 aliphatic heterocycles. The molecule has 4 heteroatoms. The van der Waals surface area contributed by atoms with Crippen LogP contribution in [0.25, 0.3) is 10.1 Å². The zero-order valence-electron chi connectivity index (χ0n) is 8.76. The molecule has 2 heterocycles. The third-order valence-corrected chi connectivity index (χ3v) is 4.37. The second-order valence-electron chi connectivity index (χ2n) is 3.74. The lowest BCUT2D eigenvalue weighted by molar-refractivity contribution is 0.219. The van der Waals surface area contributed by atoms with Crippen molar-refractivity contribution >= 4 is 37.4 Å². The average molecular weight is 309 g/mol. The second-order valence-corrected chi connectivity index (χ2v) is 5.37. The summed E-state index contributed by atoms with van der Waals surface area (Å²) in [6, 6.07) is 9.79. The fraction of sp³-hybridized carbons (Fsp3) is 0.0769. The molecule has 1 unspecified atom stereocenters. The maximum Gasteiger partial charge on any atom is 0.175 e. The first-order chi connectivity index (χ1) is 8.27. The Hall–Kier alpha value is -1.10. The summed E-state index contributed by atoms with van der Waals surface area (Å²) >= 11 is 4.94. The zero-order chi connectivity index (χ0) is 11.8. The number of benzene rings is 1. The number of thiophene rings is 1. The van der Waals surface area contributed by atoms with Crippen LogP contribution in [-0.4, -0.2) is 5.11 Å². The molecular formula is C13H9BrO2S. The van der Waals surface area contributed by atoms with Crippen molar-refractivity contribution in [2.24, 2.45) is 0 Å². The van der Waals surface area contributed by atoms with Gasteiger partial charge in [0, 0.05) is 15.8 Å². The van der Waals surface area contributed by atoms with E-state index in [-0.39, 0.29) is 0 Å². The SMILES string of the molecule is OC(c1ccoc1Br)c1cccc2ccsc12. The normalized spacial score (nSPS) is 13.1. The lowest BCUT2D eigenvalue weighted by Crippen LogP contribution is -1.98. The van der Waals surface area contributed by atoms with Gasteiger partial charge in [-0.05, 0) is 38.8 Å². The fourth-order valence-corrected chi connectivity index (χ4v) is 3.29. The number of hydrogen-bond acceptors (Lipinski definition) is 3. The number of aliphatic hydroxyl groups excluding tert-OH is 1. The molecule has 17 heavy (non-hydrogen) atoms. The minimum atomic E-state index is -0.662. The van der Waals surface area contributed by atoms with E-state index in [9.17, 15) is 5.11 Å². The summed E-state index contributed by atoms with van der Waals surface area (Å²) in [5, 5.41) is 13.6. The van der Waals surface area contributed by atoms with Crippen molar-refractivity contribution in [1.82, 2.24) is 0 Å². The summed E-state index contributed by atoms with van der Waals surface area (Å²) in [4.78, 5) is 0. The van der Waals surface area contributed by atoms with Crippen LogP contribution in [0.1, 0.15) is 17.2 Å². The first kappa shape index (κ1) is 11.0. The highest BCUT2D eigenvalue weighted by Crippen LogP contribution is 2.35. The van der Waals surface area contributed by atoms with Crippen molar-refractivity contribution in [3.8, 4) is 0 Å². The van der Waals surface area contributed by atoms with Crippen molar-refractivity contribution < 1.29 is 9.52 Å². The van der Waals surface area contributed by atoms with Gasteiger partial charge in [-0.25, -0.2) is 0 Å². The molecule has 0 radical (unpaired) electrons. The molecular weight excluding hydrogens is 300 g/mol. The van der Waals surface area contributed by atoms with Crippen molar-refractivity contribution in [3.63, 3.8) is 0 Å². The summed E-state index contributed by atoms with van der Waals surface area (Å²) < 4.78 is 6.86. The predicted octanol–water partition coefficient (Wildman–Crippen LogP) is 4.34.